The number of pyridine rings is 1. The van der Waals surface area contributed by atoms with Gasteiger partial charge in [-0.25, -0.2) is 0 Å². The third kappa shape index (κ3) is 3.06. The van der Waals surface area contributed by atoms with Crippen molar-refractivity contribution in [1.29, 1.82) is 0 Å². The number of fused-ring (bicyclic) bond motifs is 1. The molecule has 0 radical (unpaired) electrons. The Bertz CT molecular complexity index is 801. The molecule has 0 fully saturated rings. The van der Waals surface area contributed by atoms with Crippen molar-refractivity contribution >= 4 is 28.3 Å². The van der Waals surface area contributed by atoms with Crippen molar-refractivity contribution in [3.8, 4) is 0 Å². The van der Waals surface area contributed by atoms with E-state index in [1.807, 2.05) is 42.5 Å². The second-order valence-electron chi connectivity index (χ2n) is 4.64. The first-order valence-electron chi connectivity index (χ1n) is 6.57. The van der Waals surface area contributed by atoms with Crippen LogP contribution in [0, 0.1) is 5.21 Å². The Balaban J connectivity index is 1.76. The number of carbonyl (C=O) groups is 1. The average molecular weight is 295 g/mol. The number of benzene rings is 2. The molecule has 1 aromatic heterocycles. The van der Waals surface area contributed by atoms with Gasteiger partial charge < -0.3 is 5.21 Å². The third-order valence-electron chi connectivity index (χ3n) is 3.21. The zero-order chi connectivity index (χ0) is 14.7. The molecule has 2 aromatic carbocycles. The number of rotatable bonds is 4. The van der Waals surface area contributed by atoms with Gasteiger partial charge in [0.05, 0.1) is 5.75 Å². The van der Waals surface area contributed by atoms with Crippen molar-refractivity contribution in [2.24, 2.45) is 0 Å². The Morgan fingerprint density at radius 2 is 1.76 bits per heavy atom. The zero-order valence-electron chi connectivity index (χ0n) is 11.2. The van der Waals surface area contributed by atoms with Crippen LogP contribution in [-0.2, 0) is 0 Å². The van der Waals surface area contributed by atoms with Gasteiger partial charge >= 0.3 is 0 Å². The minimum Gasteiger partial charge on any atom is -0.618 e. The van der Waals surface area contributed by atoms with Crippen molar-refractivity contribution < 1.29 is 9.52 Å². The molecule has 3 rings (SSSR count). The molecule has 0 unspecified atom stereocenters. The molecule has 0 aliphatic rings. The molecule has 0 saturated heterocycles. The van der Waals surface area contributed by atoms with E-state index in [0.717, 1.165) is 15.5 Å². The van der Waals surface area contributed by atoms with Gasteiger partial charge in [0, 0.05) is 17.7 Å². The molecule has 0 atom stereocenters. The molecule has 3 nitrogen and oxygen atoms in total. The minimum absolute atomic E-state index is 0.0228. The van der Waals surface area contributed by atoms with Crippen LogP contribution in [0.15, 0.2) is 71.9 Å². The van der Waals surface area contributed by atoms with Gasteiger partial charge in [0.15, 0.2) is 12.0 Å². The van der Waals surface area contributed by atoms with Crippen LogP contribution in [-0.4, -0.2) is 11.5 Å². The number of hydrogen-bond acceptors (Lipinski definition) is 3. The van der Waals surface area contributed by atoms with E-state index >= 15 is 0 Å². The van der Waals surface area contributed by atoms with Crippen molar-refractivity contribution in [3.05, 3.63) is 77.6 Å². The van der Waals surface area contributed by atoms with E-state index in [1.165, 1.54) is 18.0 Å². The molecule has 0 saturated carbocycles. The summed E-state index contributed by atoms with van der Waals surface area (Å²) in [6, 6.07) is 18.8. The Hall–Kier alpha value is -2.33. The molecule has 0 aliphatic carbocycles. The van der Waals surface area contributed by atoms with Gasteiger partial charge in [0.25, 0.3) is 5.03 Å². The molecule has 104 valence electrons. The standard InChI is InChI=1S/C17H13NO2S/c19-16(12-21-17-7-3-4-10-18(17)20)15-9-8-13-5-1-2-6-14(13)11-15/h1-11H,12H2. The van der Waals surface area contributed by atoms with Gasteiger partial charge in [0.1, 0.15) is 0 Å². The molecule has 0 aliphatic heterocycles. The van der Waals surface area contributed by atoms with E-state index < -0.39 is 0 Å². The quantitative estimate of drug-likeness (QED) is 0.320. The molecule has 0 bridgehead atoms. The maximum atomic E-state index is 12.2. The first-order chi connectivity index (χ1) is 10.2. The van der Waals surface area contributed by atoms with Crippen LogP contribution < -0.4 is 4.73 Å². The van der Waals surface area contributed by atoms with Crippen LogP contribution in [0.25, 0.3) is 10.8 Å². The molecule has 0 amide bonds. The summed E-state index contributed by atoms with van der Waals surface area (Å²) in [4.78, 5) is 12.2. The summed E-state index contributed by atoms with van der Waals surface area (Å²) in [5.74, 6) is 0.277. The second kappa shape index (κ2) is 5.97. The van der Waals surface area contributed by atoms with Gasteiger partial charge in [0.2, 0.25) is 0 Å². The van der Waals surface area contributed by atoms with Gasteiger partial charge in [-0.3, -0.25) is 4.79 Å². The van der Waals surface area contributed by atoms with Crippen LogP contribution in [0.1, 0.15) is 10.4 Å². The lowest BCUT2D eigenvalue weighted by molar-refractivity contribution is -0.645. The van der Waals surface area contributed by atoms with E-state index in [0.29, 0.717) is 10.6 Å². The van der Waals surface area contributed by atoms with E-state index in [1.54, 1.807) is 18.2 Å². The second-order valence-corrected chi connectivity index (χ2v) is 5.63. The number of aromatic nitrogens is 1. The summed E-state index contributed by atoms with van der Waals surface area (Å²) < 4.78 is 0.776. The largest absolute Gasteiger partial charge is 0.618 e. The maximum Gasteiger partial charge on any atom is 0.251 e. The lowest BCUT2D eigenvalue weighted by atomic mass is 10.1. The van der Waals surface area contributed by atoms with Gasteiger partial charge in [-0.1, -0.05) is 36.4 Å². The SMILES string of the molecule is O=C(CSc1cccc[n+]1[O-])c1ccc2ccccc2c1. The van der Waals surface area contributed by atoms with Gasteiger partial charge in [-0.2, -0.15) is 4.73 Å². The Kier molecular flexibility index (Phi) is 3.88. The summed E-state index contributed by atoms with van der Waals surface area (Å²) >= 11 is 1.26. The summed E-state index contributed by atoms with van der Waals surface area (Å²) in [5, 5.41) is 14.2. The molecule has 21 heavy (non-hydrogen) atoms. The topological polar surface area (TPSA) is 44.0 Å². The number of hydrogen-bond donors (Lipinski definition) is 0. The number of thioether (sulfide) groups is 1. The first-order valence-corrected chi connectivity index (χ1v) is 7.55. The van der Waals surface area contributed by atoms with Crippen molar-refractivity contribution in [2.75, 3.05) is 5.75 Å². The molecule has 1 heterocycles. The van der Waals surface area contributed by atoms with Crippen molar-refractivity contribution in [2.45, 2.75) is 5.03 Å². The third-order valence-corrected chi connectivity index (χ3v) is 4.23. The van der Waals surface area contributed by atoms with Crippen LogP contribution in [0.4, 0.5) is 0 Å². The van der Waals surface area contributed by atoms with Crippen LogP contribution in [0.3, 0.4) is 0 Å². The normalized spacial score (nSPS) is 10.7. The maximum absolute atomic E-state index is 12.2. The van der Waals surface area contributed by atoms with E-state index in [9.17, 15) is 10.0 Å². The lowest BCUT2D eigenvalue weighted by Crippen LogP contribution is -2.28. The highest BCUT2D eigenvalue weighted by Crippen LogP contribution is 2.19. The van der Waals surface area contributed by atoms with Crippen LogP contribution in [0.5, 0.6) is 0 Å². The van der Waals surface area contributed by atoms with Crippen molar-refractivity contribution in [1.82, 2.24) is 0 Å². The predicted molar refractivity (Wildman–Crippen MR) is 84.4 cm³/mol. The molecule has 4 heteroatoms. The number of ketones is 1. The smallest absolute Gasteiger partial charge is 0.251 e. The summed E-state index contributed by atoms with van der Waals surface area (Å²) in [7, 11) is 0. The highest BCUT2D eigenvalue weighted by molar-refractivity contribution is 7.99. The summed E-state index contributed by atoms with van der Waals surface area (Å²) in [5.41, 5.74) is 0.676. The first kappa shape index (κ1) is 13.6. The fraction of sp³-hybridized carbons (Fsp3) is 0.0588. The highest BCUT2D eigenvalue weighted by Gasteiger charge is 2.11. The summed E-state index contributed by atoms with van der Waals surface area (Å²) in [6.07, 6.45) is 1.43. The zero-order valence-corrected chi connectivity index (χ0v) is 12.0. The van der Waals surface area contributed by atoms with Crippen LogP contribution >= 0.6 is 11.8 Å². The number of carbonyl (C=O) groups excluding carboxylic acids is 1. The average Bonchev–Trinajstić information content (AvgIpc) is 2.53. The van der Waals surface area contributed by atoms with E-state index in [2.05, 4.69) is 0 Å². The summed E-state index contributed by atoms with van der Waals surface area (Å²) in [6.45, 7) is 0. The Labute approximate surface area is 126 Å². The molecule has 3 aromatic rings. The van der Waals surface area contributed by atoms with Gasteiger partial charge in [-0.05, 0) is 34.7 Å². The molecular formula is C17H13NO2S. The Morgan fingerprint density at radius 3 is 2.57 bits per heavy atom. The van der Waals surface area contributed by atoms with E-state index in [-0.39, 0.29) is 11.5 Å². The Morgan fingerprint density at radius 1 is 1.00 bits per heavy atom. The number of nitrogens with zero attached hydrogens (tertiary/aromatic N) is 1. The molecule has 0 spiro atoms. The number of Topliss-reactive ketones (excluding diaryl/α,β-unsaturated/α-hetero) is 1. The van der Waals surface area contributed by atoms with Crippen LogP contribution in [0.2, 0.25) is 0 Å². The lowest BCUT2D eigenvalue weighted by Gasteiger charge is -2.04. The van der Waals surface area contributed by atoms with E-state index in [4.69, 9.17) is 0 Å². The molecule has 0 N–H and O–H groups in total. The van der Waals surface area contributed by atoms with Gasteiger partial charge in [-0.15, -0.1) is 0 Å². The van der Waals surface area contributed by atoms with Crippen molar-refractivity contribution in [3.63, 3.8) is 0 Å². The molecular weight excluding hydrogens is 282 g/mol. The fourth-order valence-electron chi connectivity index (χ4n) is 2.11. The fourth-order valence-corrected chi connectivity index (χ4v) is 2.92. The predicted octanol–water partition coefficient (Wildman–Crippen LogP) is 3.45. The monoisotopic (exact) mass is 295 g/mol. The minimum atomic E-state index is 0.0228. The highest BCUT2D eigenvalue weighted by atomic mass is 32.2.